The number of benzene rings is 1. The molecule has 2 heterocycles. The Labute approximate surface area is 155 Å². The molecule has 3 rings (SSSR count). The van der Waals surface area contributed by atoms with Crippen LogP contribution in [0.1, 0.15) is 16.7 Å². The lowest BCUT2D eigenvalue weighted by molar-refractivity contribution is -0.385. The first-order chi connectivity index (χ1) is 12.8. The Kier molecular flexibility index (Phi) is 4.97. The molecule has 0 aliphatic carbocycles. The highest BCUT2D eigenvalue weighted by molar-refractivity contribution is 7.89. The van der Waals surface area contributed by atoms with Crippen LogP contribution >= 0.6 is 0 Å². The van der Waals surface area contributed by atoms with Gasteiger partial charge in [-0.25, -0.2) is 27.8 Å². The molecule has 3 aromatic rings. The van der Waals surface area contributed by atoms with Gasteiger partial charge in [0.25, 0.3) is 5.69 Å². The van der Waals surface area contributed by atoms with Gasteiger partial charge < -0.3 is 0 Å². The Balaban J connectivity index is 1.93. The highest BCUT2D eigenvalue weighted by atomic mass is 32.2. The summed E-state index contributed by atoms with van der Waals surface area (Å²) in [6.45, 7) is 3.18. The number of nitrogens with zero attached hydrogens (tertiary/aromatic N) is 5. The van der Waals surface area contributed by atoms with Crippen LogP contribution in [0.3, 0.4) is 0 Å². The number of hydrogen-bond donors (Lipinski definition) is 1. The van der Waals surface area contributed by atoms with Crippen molar-refractivity contribution in [1.82, 2.24) is 24.5 Å². The Morgan fingerprint density at radius 3 is 2.74 bits per heavy atom. The number of hydrogen-bond acceptors (Lipinski definition) is 7. The van der Waals surface area contributed by atoms with Crippen LogP contribution in [0.15, 0.2) is 48.0 Å². The zero-order valence-electron chi connectivity index (χ0n) is 14.5. The molecule has 27 heavy (non-hydrogen) atoms. The summed E-state index contributed by atoms with van der Waals surface area (Å²) in [7, 11) is -3.98. The lowest BCUT2D eigenvalue weighted by Crippen LogP contribution is -2.25. The molecule has 0 bridgehead atoms. The molecular weight excluding hydrogens is 372 g/mol. The molecule has 0 aliphatic rings. The fourth-order valence-corrected chi connectivity index (χ4v) is 3.88. The van der Waals surface area contributed by atoms with E-state index < -0.39 is 14.9 Å². The summed E-state index contributed by atoms with van der Waals surface area (Å²) >= 11 is 0. The third-order valence-corrected chi connectivity index (χ3v) is 5.59. The zero-order valence-corrected chi connectivity index (χ0v) is 15.3. The van der Waals surface area contributed by atoms with Crippen LogP contribution in [0.5, 0.6) is 0 Å². The first-order valence-corrected chi connectivity index (χ1v) is 9.32. The van der Waals surface area contributed by atoms with Crippen molar-refractivity contribution in [2.75, 3.05) is 0 Å². The molecule has 11 heteroatoms. The Morgan fingerprint density at radius 2 is 2.07 bits per heavy atom. The maximum Gasteiger partial charge on any atom is 0.271 e. The number of nitro benzene ring substituents is 1. The van der Waals surface area contributed by atoms with Gasteiger partial charge in [-0.1, -0.05) is 6.07 Å². The second kappa shape index (κ2) is 7.21. The third kappa shape index (κ3) is 3.83. The first-order valence-electron chi connectivity index (χ1n) is 7.84. The quantitative estimate of drug-likeness (QED) is 0.501. The van der Waals surface area contributed by atoms with Crippen LogP contribution in [-0.4, -0.2) is 33.1 Å². The third-order valence-electron chi connectivity index (χ3n) is 4.06. The number of pyridine rings is 1. The van der Waals surface area contributed by atoms with Gasteiger partial charge in [0.05, 0.1) is 9.82 Å². The van der Waals surface area contributed by atoms with Gasteiger partial charge in [0.15, 0.2) is 5.82 Å². The molecule has 1 N–H and O–H groups in total. The van der Waals surface area contributed by atoms with Crippen molar-refractivity contribution in [3.05, 3.63) is 69.9 Å². The van der Waals surface area contributed by atoms with Crippen molar-refractivity contribution in [3.63, 3.8) is 0 Å². The maximum atomic E-state index is 12.8. The van der Waals surface area contributed by atoms with E-state index in [1.165, 1.54) is 23.4 Å². The van der Waals surface area contributed by atoms with Crippen LogP contribution in [0.2, 0.25) is 0 Å². The van der Waals surface area contributed by atoms with Gasteiger partial charge in [-0.15, -0.1) is 0 Å². The molecule has 0 atom stereocenters. The lowest BCUT2D eigenvalue weighted by Gasteiger charge is -2.12. The van der Waals surface area contributed by atoms with Gasteiger partial charge in [0.1, 0.15) is 12.7 Å². The summed E-state index contributed by atoms with van der Waals surface area (Å²) in [6, 6.07) is 5.79. The summed E-state index contributed by atoms with van der Waals surface area (Å²) < 4.78 is 29.4. The van der Waals surface area contributed by atoms with Crippen LogP contribution in [0, 0.1) is 24.0 Å². The number of nitro groups is 1. The van der Waals surface area contributed by atoms with Gasteiger partial charge in [-0.05, 0) is 31.0 Å². The smallest absolute Gasteiger partial charge is 0.258 e. The Hall–Kier alpha value is -3.18. The average Bonchev–Trinajstić information content (AvgIpc) is 3.16. The molecule has 1 aromatic carbocycles. The Bertz CT molecular complexity index is 1100. The second-order valence-electron chi connectivity index (χ2n) is 5.79. The molecule has 0 fully saturated rings. The van der Waals surface area contributed by atoms with E-state index in [0.29, 0.717) is 22.5 Å². The Morgan fingerprint density at radius 1 is 1.30 bits per heavy atom. The van der Waals surface area contributed by atoms with Gasteiger partial charge in [-0.3, -0.25) is 10.1 Å². The highest BCUT2D eigenvalue weighted by Crippen LogP contribution is 2.25. The number of sulfonamides is 1. The monoisotopic (exact) mass is 388 g/mol. The zero-order chi connectivity index (χ0) is 19.6. The largest absolute Gasteiger partial charge is 0.271 e. The van der Waals surface area contributed by atoms with E-state index in [4.69, 9.17) is 0 Å². The van der Waals surface area contributed by atoms with Crippen molar-refractivity contribution in [2.45, 2.75) is 25.3 Å². The van der Waals surface area contributed by atoms with E-state index in [1.807, 2.05) is 0 Å². The van der Waals surface area contributed by atoms with E-state index in [2.05, 4.69) is 19.8 Å². The fraction of sp³-hybridized carbons (Fsp3) is 0.188. The summed E-state index contributed by atoms with van der Waals surface area (Å²) in [5.74, 6) is 0.435. The molecule has 0 saturated carbocycles. The minimum atomic E-state index is -3.98. The van der Waals surface area contributed by atoms with Crippen molar-refractivity contribution < 1.29 is 13.3 Å². The predicted molar refractivity (Wildman–Crippen MR) is 95.7 cm³/mol. The predicted octanol–water partition coefficient (Wildman–Crippen LogP) is 1.67. The molecule has 10 nitrogen and oxygen atoms in total. The molecule has 2 aromatic heterocycles. The topological polar surface area (TPSA) is 133 Å². The number of aryl methyl sites for hydroxylation is 1. The van der Waals surface area contributed by atoms with E-state index in [0.717, 1.165) is 6.07 Å². The summed E-state index contributed by atoms with van der Waals surface area (Å²) in [5, 5.41) is 15.1. The number of non-ortho nitro benzene ring substituents is 1. The van der Waals surface area contributed by atoms with Crippen LogP contribution < -0.4 is 4.72 Å². The average molecular weight is 388 g/mol. The van der Waals surface area contributed by atoms with Gasteiger partial charge >= 0.3 is 0 Å². The number of rotatable bonds is 6. The SMILES string of the molecule is Cc1cc([N+](=O)[O-])cc(S(=O)(=O)NCc2cccnc2-n2cncn2)c1C. The summed E-state index contributed by atoms with van der Waals surface area (Å²) in [5.41, 5.74) is 1.28. The molecule has 0 amide bonds. The van der Waals surface area contributed by atoms with E-state index in [-0.39, 0.29) is 17.1 Å². The van der Waals surface area contributed by atoms with Gasteiger partial charge in [-0.2, -0.15) is 5.10 Å². The van der Waals surface area contributed by atoms with Crippen molar-refractivity contribution >= 4 is 15.7 Å². The molecule has 0 spiro atoms. The van der Waals surface area contributed by atoms with Crippen LogP contribution in [0.4, 0.5) is 5.69 Å². The number of nitrogens with one attached hydrogen (secondary N) is 1. The van der Waals surface area contributed by atoms with Crippen molar-refractivity contribution in [2.24, 2.45) is 0 Å². The van der Waals surface area contributed by atoms with Gasteiger partial charge in [0, 0.05) is 30.4 Å². The second-order valence-corrected chi connectivity index (χ2v) is 7.53. The van der Waals surface area contributed by atoms with Crippen LogP contribution in [-0.2, 0) is 16.6 Å². The van der Waals surface area contributed by atoms with E-state index in [1.54, 1.807) is 32.2 Å². The van der Waals surface area contributed by atoms with E-state index in [9.17, 15) is 18.5 Å². The molecule has 0 unspecified atom stereocenters. The van der Waals surface area contributed by atoms with E-state index >= 15 is 0 Å². The first kappa shape index (κ1) is 18.6. The molecule has 0 aliphatic heterocycles. The summed E-state index contributed by atoms with van der Waals surface area (Å²) in [6.07, 6.45) is 4.36. The minimum Gasteiger partial charge on any atom is -0.258 e. The maximum absolute atomic E-state index is 12.8. The van der Waals surface area contributed by atoms with Crippen LogP contribution in [0.25, 0.3) is 5.82 Å². The van der Waals surface area contributed by atoms with Crippen molar-refractivity contribution in [1.29, 1.82) is 0 Å². The van der Waals surface area contributed by atoms with Gasteiger partial charge in [0.2, 0.25) is 10.0 Å². The standard InChI is InChI=1S/C16H16N6O4S/c1-11-6-14(22(23)24)7-15(12(11)2)27(25,26)20-8-13-4-3-5-18-16(13)21-10-17-9-19-21/h3-7,9-10,20H,8H2,1-2H3. The molecule has 140 valence electrons. The van der Waals surface area contributed by atoms with Crippen molar-refractivity contribution in [3.8, 4) is 5.82 Å². The molecule has 0 saturated heterocycles. The molecule has 0 radical (unpaired) electrons. The number of aromatic nitrogens is 4. The minimum absolute atomic E-state index is 0.0630. The summed E-state index contributed by atoms with van der Waals surface area (Å²) in [4.78, 5) is 18.4. The fourth-order valence-electron chi connectivity index (χ4n) is 2.54. The lowest BCUT2D eigenvalue weighted by atomic mass is 10.1. The normalized spacial score (nSPS) is 11.5. The highest BCUT2D eigenvalue weighted by Gasteiger charge is 2.22. The molecular formula is C16H16N6O4S.